The lowest BCUT2D eigenvalue weighted by Gasteiger charge is -2.32. The maximum atomic E-state index is 12.9. The summed E-state index contributed by atoms with van der Waals surface area (Å²) in [4.78, 5) is 21.6. The second-order valence-electron chi connectivity index (χ2n) is 8.08. The Labute approximate surface area is 184 Å². The van der Waals surface area contributed by atoms with Gasteiger partial charge in [0.2, 0.25) is 0 Å². The van der Waals surface area contributed by atoms with E-state index in [0.29, 0.717) is 5.69 Å². The number of aryl methyl sites for hydroxylation is 1. The summed E-state index contributed by atoms with van der Waals surface area (Å²) in [5, 5.41) is 0. The molecule has 1 aromatic heterocycles. The summed E-state index contributed by atoms with van der Waals surface area (Å²) in [6, 6.07) is 18.4. The molecule has 4 rings (SSSR count). The van der Waals surface area contributed by atoms with Gasteiger partial charge in [0.25, 0.3) is 0 Å². The molecule has 0 radical (unpaired) electrons. The van der Waals surface area contributed by atoms with E-state index in [2.05, 4.69) is 65.9 Å². The Hall–Kier alpha value is -3.34. The number of hydrogen-bond donors (Lipinski definition) is 0. The van der Waals surface area contributed by atoms with Gasteiger partial charge in [-0.05, 0) is 56.7 Å². The molecule has 0 spiro atoms. The monoisotopic (exact) mass is 415 g/mol. The fraction of sp³-hybridized carbons (Fsp3) is 0.308. The molecule has 0 fully saturated rings. The first-order valence-electron chi connectivity index (χ1n) is 10.7. The average Bonchev–Trinajstić information content (AvgIpc) is 3.08. The minimum atomic E-state index is -1.02. The zero-order valence-corrected chi connectivity index (χ0v) is 18.8. The molecular weight excluding hydrogens is 386 g/mol. The van der Waals surface area contributed by atoms with E-state index in [0.717, 1.165) is 41.0 Å². The number of fused-ring (bicyclic) bond motifs is 1. The molecule has 5 nitrogen and oxygen atoms in total. The third-order valence-electron chi connectivity index (χ3n) is 6.13. The predicted octanol–water partition coefficient (Wildman–Crippen LogP) is 4.76. The van der Waals surface area contributed by atoms with Crippen LogP contribution in [0, 0.1) is 6.92 Å². The third-order valence-corrected chi connectivity index (χ3v) is 6.13. The van der Waals surface area contributed by atoms with Crippen LogP contribution < -0.4 is 9.80 Å². The lowest BCUT2D eigenvalue weighted by Crippen LogP contribution is -2.31. The SMILES string of the molecule is CCN(CC)c1ccc(C2(c3ccc(N(C)C)cc3)OC(=O)c3ncccc32)c(C)c1. The number of benzene rings is 2. The van der Waals surface area contributed by atoms with E-state index < -0.39 is 5.60 Å². The van der Waals surface area contributed by atoms with Gasteiger partial charge in [-0.15, -0.1) is 0 Å². The van der Waals surface area contributed by atoms with Crippen LogP contribution >= 0.6 is 0 Å². The number of anilines is 2. The van der Waals surface area contributed by atoms with Crippen LogP contribution in [0.15, 0.2) is 60.8 Å². The van der Waals surface area contributed by atoms with Crippen LogP contribution in [0.1, 0.15) is 46.6 Å². The van der Waals surface area contributed by atoms with Crippen LogP contribution in [0.2, 0.25) is 0 Å². The number of rotatable bonds is 6. The minimum absolute atomic E-state index is 0.381. The molecule has 1 unspecified atom stereocenters. The van der Waals surface area contributed by atoms with Gasteiger partial charge in [-0.3, -0.25) is 0 Å². The highest BCUT2D eigenvalue weighted by Gasteiger charge is 2.50. The number of hydrogen-bond acceptors (Lipinski definition) is 5. The molecule has 0 amide bonds. The fourth-order valence-corrected chi connectivity index (χ4v) is 4.49. The lowest BCUT2D eigenvalue weighted by atomic mass is 9.79. The van der Waals surface area contributed by atoms with Crippen molar-refractivity contribution in [2.75, 3.05) is 37.0 Å². The molecule has 160 valence electrons. The van der Waals surface area contributed by atoms with Gasteiger partial charge < -0.3 is 14.5 Å². The zero-order chi connectivity index (χ0) is 22.2. The highest BCUT2D eigenvalue weighted by atomic mass is 16.6. The Morgan fingerprint density at radius 3 is 2.23 bits per heavy atom. The molecule has 0 saturated heterocycles. The summed E-state index contributed by atoms with van der Waals surface area (Å²) < 4.78 is 6.20. The molecule has 0 bridgehead atoms. The Kier molecular flexibility index (Phi) is 5.44. The summed E-state index contributed by atoms with van der Waals surface area (Å²) in [6.07, 6.45) is 1.64. The van der Waals surface area contributed by atoms with Gasteiger partial charge >= 0.3 is 5.97 Å². The average molecular weight is 416 g/mol. The van der Waals surface area contributed by atoms with Crippen molar-refractivity contribution in [2.24, 2.45) is 0 Å². The van der Waals surface area contributed by atoms with Gasteiger partial charge in [-0.1, -0.05) is 24.3 Å². The molecule has 3 aromatic rings. The summed E-state index contributed by atoms with van der Waals surface area (Å²) in [6.45, 7) is 8.27. The molecule has 2 aromatic carbocycles. The number of carbonyl (C=O) groups is 1. The molecular formula is C26H29N3O2. The minimum Gasteiger partial charge on any atom is -0.439 e. The van der Waals surface area contributed by atoms with Crippen LogP contribution in [-0.4, -0.2) is 38.1 Å². The maximum Gasteiger partial charge on any atom is 0.358 e. The maximum absolute atomic E-state index is 12.9. The molecule has 0 saturated carbocycles. The predicted molar refractivity (Wildman–Crippen MR) is 125 cm³/mol. The summed E-state index contributed by atoms with van der Waals surface area (Å²) in [7, 11) is 4.02. The van der Waals surface area contributed by atoms with Crippen LogP contribution in [0.25, 0.3) is 0 Å². The van der Waals surface area contributed by atoms with Gasteiger partial charge in [-0.25, -0.2) is 9.78 Å². The summed E-state index contributed by atoms with van der Waals surface area (Å²) in [5.74, 6) is -0.389. The largest absolute Gasteiger partial charge is 0.439 e. The molecule has 0 aliphatic carbocycles. The lowest BCUT2D eigenvalue weighted by molar-refractivity contribution is 0.0247. The number of nitrogens with zero attached hydrogens (tertiary/aromatic N) is 3. The Morgan fingerprint density at radius 2 is 1.61 bits per heavy atom. The highest BCUT2D eigenvalue weighted by Crippen LogP contribution is 2.48. The molecule has 5 heteroatoms. The smallest absolute Gasteiger partial charge is 0.358 e. The van der Waals surface area contributed by atoms with Gasteiger partial charge in [0.15, 0.2) is 11.3 Å². The van der Waals surface area contributed by atoms with Crippen molar-refractivity contribution < 1.29 is 9.53 Å². The number of aromatic nitrogens is 1. The first-order valence-corrected chi connectivity index (χ1v) is 10.7. The van der Waals surface area contributed by atoms with Crippen molar-refractivity contribution in [3.8, 4) is 0 Å². The van der Waals surface area contributed by atoms with E-state index in [-0.39, 0.29) is 5.97 Å². The van der Waals surface area contributed by atoms with E-state index in [9.17, 15) is 4.79 Å². The van der Waals surface area contributed by atoms with E-state index in [1.165, 1.54) is 5.69 Å². The van der Waals surface area contributed by atoms with Crippen LogP contribution in [0.3, 0.4) is 0 Å². The number of cyclic esters (lactones) is 1. The quantitative estimate of drug-likeness (QED) is 0.543. The Morgan fingerprint density at radius 1 is 0.935 bits per heavy atom. The van der Waals surface area contributed by atoms with Gasteiger partial charge in [0, 0.05) is 61.4 Å². The Bertz CT molecular complexity index is 1100. The van der Waals surface area contributed by atoms with Crippen LogP contribution in [0.4, 0.5) is 11.4 Å². The van der Waals surface area contributed by atoms with Gasteiger partial charge in [0.05, 0.1) is 0 Å². The number of ether oxygens (including phenoxy) is 1. The van der Waals surface area contributed by atoms with Gasteiger partial charge in [-0.2, -0.15) is 0 Å². The topological polar surface area (TPSA) is 45.7 Å². The van der Waals surface area contributed by atoms with Crippen molar-refractivity contribution >= 4 is 17.3 Å². The first-order chi connectivity index (χ1) is 14.9. The molecule has 1 aliphatic rings. The number of carbonyl (C=O) groups excluding carboxylic acids is 1. The molecule has 1 atom stereocenters. The third kappa shape index (κ3) is 3.34. The van der Waals surface area contributed by atoms with Crippen molar-refractivity contribution in [1.82, 2.24) is 4.98 Å². The van der Waals surface area contributed by atoms with E-state index in [1.807, 2.05) is 38.4 Å². The van der Waals surface area contributed by atoms with Crippen molar-refractivity contribution in [3.05, 3.63) is 88.7 Å². The first kappa shape index (κ1) is 20.9. The molecule has 31 heavy (non-hydrogen) atoms. The van der Waals surface area contributed by atoms with E-state index in [1.54, 1.807) is 6.20 Å². The fourth-order valence-electron chi connectivity index (χ4n) is 4.49. The molecule has 0 N–H and O–H groups in total. The number of pyridine rings is 1. The summed E-state index contributed by atoms with van der Waals surface area (Å²) in [5.41, 5.74) is 5.35. The second-order valence-corrected chi connectivity index (χ2v) is 8.08. The molecule has 2 heterocycles. The van der Waals surface area contributed by atoms with E-state index >= 15 is 0 Å². The van der Waals surface area contributed by atoms with Crippen molar-refractivity contribution in [1.29, 1.82) is 0 Å². The standard InChI is InChI=1S/C26H29N3O2/c1-6-29(7-2)21-14-15-22(18(3)17-21)26(19-10-12-20(13-11-19)28(4)5)23-9-8-16-27-24(23)25(30)31-26/h8-17H,6-7H2,1-5H3. The zero-order valence-electron chi connectivity index (χ0n) is 18.8. The van der Waals surface area contributed by atoms with Crippen molar-refractivity contribution in [2.45, 2.75) is 26.4 Å². The van der Waals surface area contributed by atoms with Crippen molar-refractivity contribution in [3.63, 3.8) is 0 Å². The second kappa shape index (κ2) is 8.06. The van der Waals surface area contributed by atoms with Crippen LogP contribution in [-0.2, 0) is 10.3 Å². The van der Waals surface area contributed by atoms with E-state index in [4.69, 9.17) is 4.74 Å². The molecule has 1 aliphatic heterocycles. The van der Waals surface area contributed by atoms with Gasteiger partial charge in [0.1, 0.15) is 0 Å². The normalized spacial score (nSPS) is 17.3. The number of esters is 1. The summed E-state index contributed by atoms with van der Waals surface area (Å²) >= 11 is 0. The Balaban J connectivity index is 1.94. The van der Waals surface area contributed by atoms with Crippen LogP contribution in [0.5, 0.6) is 0 Å². The highest BCUT2D eigenvalue weighted by molar-refractivity contribution is 5.94.